The van der Waals surface area contributed by atoms with Gasteiger partial charge in [-0.2, -0.15) is 0 Å². The summed E-state index contributed by atoms with van der Waals surface area (Å²) in [7, 11) is 0. The summed E-state index contributed by atoms with van der Waals surface area (Å²) in [5.41, 5.74) is -1.61. The number of H-pyrrole nitrogens is 1. The molecule has 2 aromatic rings. The predicted octanol–water partition coefficient (Wildman–Crippen LogP) is 1.61. The van der Waals surface area contributed by atoms with Gasteiger partial charge in [0.05, 0.1) is 0 Å². The summed E-state index contributed by atoms with van der Waals surface area (Å²) >= 11 is 0. The van der Waals surface area contributed by atoms with E-state index in [-0.39, 0.29) is 5.56 Å². The van der Waals surface area contributed by atoms with Crippen molar-refractivity contribution in [1.29, 1.82) is 0 Å². The quantitative estimate of drug-likeness (QED) is 0.866. The van der Waals surface area contributed by atoms with E-state index in [0.717, 1.165) is 18.3 Å². The van der Waals surface area contributed by atoms with E-state index in [1.54, 1.807) is 6.92 Å². The van der Waals surface area contributed by atoms with Crippen molar-refractivity contribution >= 4 is 11.6 Å². The van der Waals surface area contributed by atoms with Crippen molar-refractivity contribution in [2.75, 3.05) is 5.32 Å². The molecule has 0 saturated heterocycles. The first kappa shape index (κ1) is 12.9. The standard InChI is InChI=1S/C12H9F2N3O2/c1-6-15-5-7(11(18)16-6)12(19)17-10-8(13)3-2-4-9(10)14/h2-5H,1H3,(H,17,19)(H,15,16,18). The van der Waals surface area contributed by atoms with Gasteiger partial charge < -0.3 is 10.3 Å². The van der Waals surface area contributed by atoms with Crippen LogP contribution in [0.25, 0.3) is 0 Å². The van der Waals surface area contributed by atoms with Crippen molar-refractivity contribution < 1.29 is 13.6 Å². The lowest BCUT2D eigenvalue weighted by Crippen LogP contribution is -2.25. The number of nitrogens with zero attached hydrogens (tertiary/aromatic N) is 1. The van der Waals surface area contributed by atoms with Gasteiger partial charge >= 0.3 is 0 Å². The summed E-state index contributed by atoms with van der Waals surface area (Å²) in [5, 5.41) is 2.01. The average molecular weight is 265 g/mol. The second kappa shape index (κ2) is 4.97. The van der Waals surface area contributed by atoms with Crippen molar-refractivity contribution in [2.24, 2.45) is 0 Å². The zero-order valence-corrected chi connectivity index (χ0v) is 9.83. The molecule has 2 N–H and O–H groups in total. The van der Waals surface area contributed by atoms with Crippen LogP contribution >= 0.6 is 0 Å². The molecule has 0 bridgehead atoms. The Morgan fingerprint density at radius 3 is 2.53 bits per heavy atom. The number of nitrogens with one attached hydrogen (secondary N) is 2. The number of rotatable bonds is 2. The van der Waals surface area contributed by atoms with E-state index in [1.165, 1.54) is 6.07 Å². The van der Waals surface area contributed by atoms with Crippen molar-refractivity contribution in [2.45, 2.75) is 6.92 Å². The maximum Gasteiger partial charge on any atom is 0.263 e. The molecule has 7 heteroatoms. The van der Waals surface area contributed by atoms with Crippen LogP contribution in [0, 0.1) is 18.6 Å². The number of aromatic amines is 1. The third-order valence-corrected chi connectivity index (χ3v) is 2.37. The number of para-hydroxylation sites is 1. The smallest absolute Gasteiger partial charge is 0.263 e. The number of amides is 1. The van der Waals surface area contributed by atoms with Crippen LogP contribution in [0.2, 0.25) is 0 Å². The molecule has 2 rings (SSSR count). The minimum absolute atomic E-state index is 0.326. The number of benzene rings is 1. The number of hydrogen-bond acceptors (Lipinski definition) is 3. The van der Waals surface area contributed by atoms with E-state index in [1.807, 2.05) is 5.32 Å². The monoisotopic (exact) mass is 265 g/mol. The lowest BCUT2D eigenvalue weighted by atomic mass is 10.2. The van der Waals surface area contributed by atoms with Crippen LogP contribution in [0.1, 0.15) is 16.2 Å². The molecular weight excluding hydrogens is 256 g/mol. The number of carbonyl (C=O) groups excluding carboxylic acids is 1. The largest absolute Gasteiger partial charge is 0.317 e. The molecule has 0 aliphatic rings. The fraction of sp³-hybridized carbons (Fsp3) is 0.0833. The molecule has 0 aliphatic carbocycles. The van der Waals surface area contributed by atoms with Gasteiger partial charge in [0.25, 0.3) is 11.5 Å². The zero-order valence-electron chi connectivity index (χ0n) is 9.83. The molecule has 0 fully saturated rings. The van der Waals surface area contributed by atoms with Crippen LogP contribution in [0.3, 0.4) is 0 Å². The summed E-state index contributed by atoms with van der Waals surface area (Å²) in [6.07, 6.45) is 1.04. The van der Waals surface area contributed by atoms with Gasteiger partial charge in [0.15, 0.2) is 0 Å². The number of hydrogen-bond donors (Lipinski definition) is 2. The molecule has 98 valence electrons. The second-order valence-electron chi connectivity index (χ2n) is 3.76. The van der Waals surface area contributed by atoms with Crippen molar-refractivity contribution in [3.63, 3.8) is 0 Å². The van der Waals surface area contributed by atoms with E-state index in [2.05, 4.69) is 9.97 Å². The topological polar surface area (TPSA) is 74.8 Å². The maximum absolute atomic E-state index is 13.3. The van der Waals surface area contributed by atoms with E-state index >= 15 is 0 Å². The summed E-state index contributed by atoms with van der Waals surface area (Å²) in [4.78, 5) is 29.3. The first-order valence-electron chi connectivity index (χ1n) is 5.30. The minimum Gasteiger partial charge on any atom is -0.317 e. The molecular formula is C12H9F2N3O2. The molecule has 0 spiro atoms. The molecule has 1 aromatic heterocycles. The van der Waals surface area contributed by atoms with Gasteiger partial charge in [-0.25, -0.2) is 13.8 Å². The van der Waals surface area contributed by atoms with Crippen LogP contribution in [0.4, 0.5) is 14.5 Å². The van der Waals surface area contributed by atoms with Crippen LogP contribution in [0.15, 0.2) is 29.2 Å². The molecule has 1 heterocycles. The van der Waals surface area contributed by atoms with Crippen molar-refractivity contribution in [1.82, 2.24) is 9.97 Å². The van der Waals surface area contributed by atoms with Gasteiger partial charge in [0.1, 0.15) is 28.7 Å². The highest BCUT2D eigenvalue weighted by Crippen LogP contribution is 2.18. The lowest BCUT2D eigenvalue weighted by Gasteiger charge is -2.06. The van der Waals surface area contributed by atoms with Gasteiger partial charge in [-0.15, -0.1) is 0 Å². The SMILES string of the molecule is Cc1ncc(C(=O)Nc2c(F)cccc2F)c(=O)[nH]1. The van der Waals surface area contributed by atoms with E-state index in [9.17, 15) is 18.4 Å². The maximum atomic E-state index is 13.3. The molecule has 0 aliphatic heterocycles. The summed E-state index contributed by atoms with van der Waals surface area (Å²) in [6, 6.07) is 3.16. The Labute approximate surface area is 106 Å². The van der Waals surface area contributed by atoms with E-state index in [0.29, 0.717) is 5.82 Å². The minimum atomic E-state index is -0.933. The fourth-order valence-electron chi connectivity index (χ4n) is 1.44. The number of aromatic nitrogens is 2. The Kier molecular flexibility index (Phi) is 3.37. The predicted molar refractivity (Wildman–Crippen MR) is 63.9 cm³/mol. The summed E-state index contributed by atoms with van der Waals surface area (Å²) in [6.45, 7) is 1.54. The molecule has 1 aromatic carbocycles. The number of carbonyl (C=O) groups is 1. The number of aryl methyl sites for hydroxylation is 1. The Balaban J connectivity index is 2.34. The Morgan fingerprint density at radius 2 is 1.95 bits per heavy atom. The van der Waals surface area contributed by atoms with Gasteiger partial charge in [-0.05, 0) is 19.1 Å². The first-order valence-corrected chi connectivity index (χ1v) is 5.30. The molecule has 19 heavy (non-hydrogen) atoms. The molecule has 1 amide bonds. The van der Waals surface area contributed by atoms with Gasteiger partial charge in [0.2, 0.25) is 0 Å². The highest BCUT2D eigenvalue weighted by Gasteiger charge is 2.16. The van der Waals surface area contributed by atoms with Crippen LogP contribution in [0.5, 0.6) is 0 Å². The van der Waals surface area contributed by atoms with Gasteiger partial charge in [-0.3, -0.25) is 9.59 Å². The van der Waals surface area contributed by atoms with Crippen LogP contribution in [-0.4, -0.2) is 15.9 Å². The molecule has 0 saturated carbocycles. The zero-order chi connectivity index (χ0) is 14.0. The third-order valence-electron chi connectivity index (χ3n) is 2.37. The van der Waals surface area contributed by atoms with Gasteiger partial charge in [0, 0.05) is 6.20 Å². The fourth-order valence-corrected chi connectivity index (χ4v) is 1.44. The summed E-state index contributed by atoms with van der Waals surface area (Å²) < 4.78 is 26.7. The molecule has 5 nitrogen and oxygen atoms in total. The summed E-state index contributed by atoms with van der Waals surface area (Å²) in [5.74, 6) is -2.45. The Morgan fingerprint density at radius 1 is 1.32 bits per heavy atom. The Bertz CT molecular complexity index is 677. The average Bonchev–Trinajstić information content (AvgIpc) is 2.33. The van der Waals surface area contributed by atoms with Crippen LogP contribution < -0.4 is 10.9 Å². The van der Waals surface area contributed by atoms with E-state index in [4.69, 9.17) is 0 Å². The molecule has 0 unspecified atom stereocenters. The van der Waals surface area contributed by atoms with Crippen molar-refractivity contribution in [3.8, 4) is 0 Å². The number of anilines is 1. The van der Waals surface area contributed by atoms with Crippen LogP contribution in [-0.2, 0) is 0 Å². The number of halogens is 2. The second-order valence-corrected chi connectivity index (χ2v) is 3.76. The Hall–Kier alpha value is -2.57. The highest BCUT2D eigenvalue weighted by molar-refractivity contribution is 6.03. The first-order chi connectivity index (χ1) is 8.99. The normalized spacial score (nSPS) is 10.3. The van der Waals surface area contributed by atoms with E-state index < -0.39 is 28.8 Å². The lowest BCUT2D eigenvalue weighted by molar-refractivity contribution is 0.102. The third kappa shape index (κ3) is 2.65. The van der Waals surface area contributed by atoms with Gasteiger partial charge in [-0.1, -0.05) is 6.07 Å². The molecule has 0 radical (unpaired) electrons. The molecule has 0 atom stereocenters. The highest BCUT2D eigenvalue weighted by atomic mass is 19.1. The van der Waals surface area contributed by atoms with Crippen molar-refractivity contribution in [3.05, 3.63) is 57.8 Å².